The van der Waals surface area contributed by atoms with Gasteiger partial charge >= 0.3 is 0 Å². The largest absolute Gasteiger partial charge is 0.374 e. The zero-order valence-corrected chi connectivity index (χ0v) is 12.4. The molecule has 1 aliphatic rings. The van der Waals surface area contributed by atoms with Crippen molar-refractivity contribution in [2.45, 2.75) is 57.1 Å². The van der Waals surface area contributed by atoms with Gasteiger partial charge in [-0.2, -0.15) is 0 Å². The molecule has 1 N–H and O–H groups in total. The van der Waals surface area contributed by atoms with Gasteiger partial charge in [-0.15, -0.1) is 11.3 Å². The number of likely N-dealkylation sites (N-methyl/N-ethyl adjacent to an activating group) is 1. The third-order valence-electron chi connectivity index (χ3n) is 4.10. The van der Waals surface area contributed by atoms with E-state index in [1.807, 2.05) is 11.3 Å². The molecule has 0 amide bonds. The van der Waals surface area contributed by atoms with E-state index in [1.54, 1.807) is 0 Å². The van der Waals surface area contributed by atoms with Gasteiger partial charge in [0.15, 0.2) is 0 Å². The average Bonchev–Trinajstić information content (AvgIpc) is 2.90. The minimum Gasteiger partial charge on any atom is -0.374 e. The molecule has 1 saturated carbocycles. The van der Waals surface area contributed by atoms with Crippen molar-refractivity contribution in [1.82, 2.24) is 5.32 Å². The Bertz CT molecular complexity index is 325. The maximum Gasteiger partial charge on any atom is 0.0838 e. The summed E-state index contributed by atoms with van der Waals surface area (Å²) in [4.78, 5) is 1.46. The maximum atomic E-state index is 6.21. The minimum absolute atomic E-state index is 0.0613. The molecule has 1 aliphatic carbocycles. The van der Waals surface area contributed by atoms with Gasteiger partial charge in [-0.1, -0.05) is 25.3 Å². The molecule has 1 fully saturated rings. The van der Waals surface area contributed by atoms with E-state index in [4.69, 9.17) is 4.74 Å². The van der Waals surface area contributed by atoms with Crippen LogP contribution in [0.4, 0.5) is 0 Å². The Hall–Kier alpha value is -0.380. The van der Waals surface area contributed by atoms with Crippen molar-refractivity contribution >= 4 is 11.3 Å². The predicted molar refractivity (Wildman–Crippen MR) is 78.3 cm³/mol. The highest BCUT2D eigenvalue weighted by Crippen LogP contribution is 2.36. The molecule has 3 heteroatoms. The molecule has 1 aromatic rings. The van der Waals surface area contributed by atoms with Crippen LogP contribution < -0.4 is 5.32 Å². The van der Waals surface area contributed by atoms with Crippen LogP contribution >= 0.6 is 11.3 Å². The summed E-state index contributed by atoms with van der Waals surface area (Å²) in [7, 11) is 2.08. The number of thiophene rings is 1. The Balaban J connectivity index is 2.10. The molecule has 0 aromatic carbocycles. The molecule has 18 heavy (non-hydrogen) atoms. The van der Waals surface area contributed by atoms with Gasteiger partial charge in [0, 0.05) is 17.5 Å². The molecule has 1 heterocycles. The van der Waals surface area contributed by atoms with Crippen LogP contribution in [-0.4, -0.2) is 25.3 Å². The van der Waals surface area contributed by atoms with E-state index < -0.39 is 0 Å². The second kappa shape index (κ2) is 6.69. The topological polar surface area (TPSA) is 21.3 Å². The molecule has 0 radical (unpaired) electrons. The summed E-state index contributed by atoms with van der Waals surface area (Å²) in [5, 5.41) is 5.68. The van der Waals surface area contributed by atoms with Gasteiger partial charge in [0.2, 0.25) is 0 Å². The van der Waals surface area contributed by atoms with E-state index in [0.29, 0.717) is 6.04 Å². The molecule has 2 nitrogen and oxygen atoms in total. The first kappa shape index (κ1) is 14.0. The van der Waals surface area contributed by atoms with E-state index in [-0.39, 0.29) is 5.60 Å². The van der Waals surface area contributed by atoms with Crippen LogP contribution in [0.25, 0.3) is 0 Å². The van der Waals surface area contributed by atoms with Crippen LogP contribution in [0.5, 0.6) is 0 Å². The van der Waals surface area contributed by atoms with Gasteiger partial charge in [-0.05, 0) is 44.7 Å². The summed E-state index contributed by atoms with van der Waals surface area (Å²) in [6, 6.07) is 4.81. The minimum atomic E-state index is 0.0613. The maximum absolute atomic E-state index is 6.21. The third-order valence-corrected chi connectivity index (χ3v) is 5.00. The first-order chi connectivity index (χ1) is 8.80. The average molecular weight is 267 g/mol. The van der Waals surface area contributed by atoms with Gasteiger partial charge in [0.1, 0.15) is 0 Å². The molecule has 0 aliphatic heterocycles. The smallest absolute Gasteiger partial charge is 0.0838 e. The zero-order valence-electron chi connectivity index (χ0n) is 11.6. The highest BCUT2D eigenvalue weighted by Gasteiger charge is 2.39. The van der Waals surface area contributed by atoms with E-state index >= 15 is 0 Å². The van der Waals surface area contributed by atoms with Crippen LogP contribution in [0.1, 0.15) is 43.9 Å². The lowest BCUT2D eigenvalue weighted by Crippen LogP contribution is -2.53. The fraction of sp³-hybridized carbons (Fsp3) is 0.733. The summed E-state index contributed by atoms with van der Waals surface area (Å²) >= 11 is 1.85. The molecular formula is C15H25NOS. The summed E-state index contributed by atoms with van der Waals surface area (Å²) in [5.41, 5.74) is 0.0613. The second-order valence-electron chi connectivity index (χ2n) is 5.18. The number of rotatable bonds is 6. The molecule has 2 rings (SSSR count). The van der Waals surface area contributed by atoms with Gasteiger partial charge in [-0.25, -0.2) is 0 Å². The first-order valence-electron chi connectivity index (χ1n) is 7.14. The fourth-order valence-corrected chi connectivity index (χ4v) is 3.96. The molecule has 1 atom stereocenters. The van der Waals surface area contributed by atoms with Crippen LogP contribution in [0, 0.1) is 0 Å². The summed E-state index contributed by atoms with van der Waals surface area (Å²) in [5.74, 6) is 0. The van der Waals surface area contributed by atoms with Crippen LogP contribution in [0.3, 0.4) is 0 Å². The Morgan fingerprint density at radius 2 is 2.17 bits per heavy atom. The summed E-state index contributed by atoms with van der Waals surface area (Å²) < 4.78 is 6.21. The Kier molecular flexibility index (Phi) is 5.22. The van der Waals surface area contributed by atoms with Crippen LogP contribution in [0.15, 0.2) is 17.5 Å². The lowest BCUT2D eigenvalue weighted by molar-refractivity contribution is -0.0882. The van der Waals surface area contributed by atoms with E-state index in [2.05, 4.69) is 36.8 Å². The molecule has 1 aromatic heterocycles. The van der Waals surface area contributed by atoms with Crippen molar-refractivity contribution < 1.29 is 4.74 Å². The molecule has 0 spiro atoms. The van der Waals surface area contributed by atoms with Gasteiger partial charge in [0.05, 0.1) is 5.60 Å². The number of nitrogens with one attached hydrogen (secondary N) is 1. The zero-order chi connectivity index (χ0) is 12.8. The SMILES string of the molecule is CCOC1(C(Cc2cccs2)NC)CCCCC1. The Morgan fingerprint density at radius 3 is 2.72 bits per heavy atom. The van der Waals surface area contributed by atoms with E-state index in [9.17, 15) is 0 Å². The molecular weight excluding hydrogens is 242 g/mol. The number of ether oxygens (including phenoxy) is 1. The van der Waals surface area contributed by atoms with Crippen molar-refractivity contribution in [3.63, 3.8) is 0 Å². The molecule has 1 unspecified atom stereocenters. The first-order valence-corrected chi connectivity index (χ1v) is 8.02. The fourth-order valence-electron chi connectivity index (χ4n) is 3.21. The Morgan fingerprint density at radius 1 is 1.39 bits per heavy atom. The standard InChI is InChI=1S/C15H25NOS/c1-3-17-15(9-5-4-6-10-15)14(16-2)12-13-8-7-11-18-13/h7-8,11,14,16H,3-6,9-10,12H2,1-2H3. The number of hydrogen-bond donors (Lipinski definition) is 1. The molecule has 0 bridgehead atoms. The quantitative estimate of drug-likeness (QED) is 0.850. The second-order valence-corrected chi connectivity index (χ2v) is 6.22. The van der Waals surface area contributed by atoms with Gasteiger partial charge < -0.3 is 10.1 Å². The van der Waals surface area contributed by atoms with Crippen LogP contribution in [-0.2, 0) is 11.2 Å². The van der Waals surface area contributed by atoms with Crippen molar-refractivity contribution in [2.24, 2.45) is 0 Å². The van der Waals surface area contributed by atoms with Crippen LogP contribution in [0.2, 0.25) is 0 Å². The lowest BCUT2D eigenvalue weighted by atomic mass is 9.77. The third kappa shape index (κ3) is 3.14. The van der Waals surface area contributed by atoms with E-state index in [0.717, 1.165) is 13.0 Å². The monoisotopic (exact) mass is 267 g/mol. The van der Waals surface area contributed by atoms with Crippen molar-refractivity contribution in [1.29, 1.82) is 0 Å². The normalized spacial score (nSPS) is 20.8. The van der Waals surface area contributed by atoms with Crippen molar-refractivity contribution in [3.8, 4) is 0 Å². The molecule has 102 valence electrons. The van der Waals surface area contributed by atoms with E-state index in [1.165, 1.54) is 37.0 Å². The van der Waals surface area contributed by atoms with Crippen molar-refractivity contribution in [2.75, 3.05) is 13.7 Å². The lowest BCUT2D eigenvalue weighted by Gasteiger charge is -2.43. The summed E-state index contributed by atoms with van der Waals surface area (Å²) in [6.45, 7) is 2.94. The Labute approximate surface area is 115 Å². The molecule has 0 saturated heterocycles. The van der Waals surface area contributed by atoms with Gasteiger partial charge in [-0.3, -0.25) is 0 Å². The van der Waals surface area contributed by atoms with Crippen molar-refractivity contribution in [3.05, 3.63) is 22.4 Å². The highest BCUT2D eigenvalue weighted by molar-refractivity contribution is 7.09. The summed E-state index contributed by atoms with van der Waals surface area (Å²) in [6.07, 6.45) is 7.49. The predicted octanol–water partition coefficient (Wildman–Crippen LogP) is 3.62. The number of hydrogen-bond acceptors (Lipinski definition) is 3. The highest BCUT2D eigenvalue weighted by atomic mass is 32.1. The van der Waals surface area contributed by atoms with Gasteiger partial charge in [0.25, 0.3) is 0 Å².